The van der Waals surface area contributed by atoms with Crippen LogP contribution in [0.3, 0.4) is 0 Å². The summed E-state index contributed by atoms with van der Waals surface area (Å²) >= 11 is 0. The van der Waals surface area contributed by atoms with Gasteiger partial charge in [0, 0.05) is 13.8 Å². The number of nitriles is 1. The van der Waals surface area contributed by atoms with E-state index in [1.165, 1.54) is 13.8 Å². The molecule has 0 spiro atoms. The Kier molecular flexibility index (Phi) is 2.46. The van der Waals surface area contributed by atoms with Crippen LogP contribution in [0.2, 0.25) is 0 Å². The van der Waals surface area contributed by atoms with Gasteiger partial charge in [0.2, 0.25) is 0 Å². The molecule has 52 valence electrons. The molecule has 0 heterocycles. The molecule has 0 aliphatic carbocycles. The lowest BCUT2D eigenvalue weighted by atomic mass is 10.1. The van der Waals surface area contributed by atoms with Gasteiger partial charge >= 0.3 is 5.97 Å². The smallest absolute Gasteiger partial charge is 0.304 e. The molecule has 0 aromatic heterocycles. The first kappa shape index (κ1) is 8.52. The number of hydrogen-bond acceptors (Lipinski definition) is 3. The molecule has 1 unspecified atom stereocenters. The van der Waals surface area contributed by atoms with E-state index in [0.717, 1.165) is 0 Å². The van der Waals surface area contributed by atoms with Gasteiger partial charge in [-0.15, -0.1) is 6.42 Å². The van der Waals surface area contributed by atoms with E-state index in [-0.39, 0.29) is 0 Å². The molecule has 0 aromatic rings. The van der Waals surface area contributed by atoms with Gasteiger partial charge in [0.1, 0.15) is 6.07 Å². The van der Waals surface area contributed by atoms with Crippen LogP contribution in [0, 0.1) is 23.7 Å². The van der Waals surface area contributed by atoms with Crippen molar-refractivity contribution in [1.82, 2.24) is 0 Å². The molecule has 0 saturated carbocycles. The summed E-state index contributed by atoms with van der Waals surface area (Å²) in [6.45, 7) is 2.56. The third-order valence-corrected chi connectivity index (χ3v) is 0.837. The molecule has 0 N–H and O–H groups in total. The van der Waals surface area contributed by atoms with E-state index >= 15 is 0 Å². The van der Waals surface area contributed by atoms with E-state index in [1.807, 2.05) is 0 Å². The van der Waals surface area contributed by atoms with Crippen LogP contribution in [0.25, 0.3) is 0 Å². The number of carbonyl (C=O) groups is 1. The Hall–Kier alpha value is -1.48. The zero-order valence-electron chi connectivity index (χ0n) is 5.84. The minimum atomic E-state index is -1.41. The van der Waals surface area contributed by atoms with Crippen molar-refractivity contribution in [3.8, 4) is 18.4 Å². The van der Waals surface area contributed by atoms with Crippen LogP contribution in [0.1, 0.15) is 13.8 Å². The minimum Gasteiger partial charge on any atom is -0.433 e. The fourth-order valence-electron chi connectivity index (χ4n) is 0.372. The van der Waals surface area contributed by atoms with Crippen molar-refractivity contribution in [3.63, 3.8) is 0 Å². The normalized spacial score (nSPS) is 14.0. The Morgan fingerprint density at radius 3 is 2.40 bits per heavy atom. The molecule has 0 rings (SSSR count). The summed E-state index contributed by atoms with van der Waals surface area (Å²) < 4.78 is 4.50. The van der Waals surface area contributed by atoms with Crippen LogP contribution in [0.5, 0.6) is 0 Å². The second-order valence-electron chi connectivity index (χ2n) is 1.88. The van der Waals surface area contributed by atoms with Gasteiger partial charge < -0.3 is 4.74 Å². The summed E-state index contributed by atoms with van der Waals surface area (Å²) in [5.74, 6) is 1.50. The molecule has 0 amide bonds. The van der Waals surface area contributed by atoms with Gasteiger partial charge in [-0.25, -0.2) is 0 Å². The Morgan fingerprint density at radius 1 is 1.80 bits per heavy atom. The highest BCUT2D eigenvalue weighted by Gasteiger charge is 2.23. The van der Waals surface area contributed by atoms with Crippen LogP contribution >= 0.6 is 0 Å². The average Bonchev–Trinajstić information content (AvgIpc) is 1.87. The van der Waals surface area contributed by atoms with E-state index in [4.69, 9.17) is 11.7 Å². The van der Waals surface area contributed by atoms with Crippen LogP contribution < -0.4 is 0 Å². The standard InChI is InChI=1S/C7H7NO2/c1-4-7(3,5-8)10-6(2)9/h1H,2-3H3. The zero-order valence-corrected chi connectivity index (χ0v) is 5.84. The highest BCUT2D eigenvalue weighted by molar-refractivity contribution is 5.67. The molecular formula is C7H7NO2. The number of esters is 1. The fraction of sp³-hybridized carbons (Fsp3) is 0.429. The van der Waals surface area contributed by atoms with Gasteiger partial charge in [-0.2, -0.15) is 5.26 Å². The minimum absolute atomic E-state index is 0.554. The van der Waals surface area contributed by atoms with Gasteiger partial charge in [-0.1, -0.05) is 0 Å². The fourth-order valence-corrected chi connectivity index (χ4v) is 0.372. The number of terminal acetylenes is 1. The summed E-state index contributed by atoms with van der Waals surface area (Å²) in [6, 6.07) is 1.68. The number of nitrogens with zero attached hydrogens (tertiary/aromatic N) is 1. The molecule has 3 nitrogen and oxygen atoms in total. The Bertz CT molecular complexity index is 205. The maximum Gasteiger partial charge on any atom is 0.304 e. The molecule has 0 radical (unpaired) electrons. The van der Waals surface area contributed by atoms with Crippen molar-refractivity contribution >= 4 is 5.97 Å². The Morgan fingerprint density at radius 2 is 2.30 bits per heavy atom. The Labute approximate surface area is 59.6 Å². The molecule has 1 atom stereocenters. The van der Waals surface area contributed by atoms with Crippen molar-refractivity contribution < 1.29 is 9.53 Å². The lowest BCUT2D eigenvalue weighted by Crippen LogP contribution is -2.26. The summed E-state index contributed by atoms with van der Waals surface area (Å²) in [4.78, 5) is 10.3. The van der Waals surface area contributed by atoms with Crippen LogP contribution in [0.15, 0.2) is 0 Å². The first-order valence-corrected chi connectivity index (χ1v) is 2.62. The lowest BCUT2D eigenvalue weighted by molar-refractivity contribution is -0.146. The third-order valence-electron chi connectivity index (χ3n) is 0.837. The number of hydrogen-bond donors (Lipinski definition) is 0. The third kappa shape index (κ3) is 2.19. The summed E-state index contributed by atoms with van der Waals surface area (Å²) in [5.41, 5.74) is -1.41. The van der Waals surface area contributed by atoms with Crippen LogP contribution in [0.4, 0.5) is 0 Å². The van der Waals surface area contributed by atoms with E-state index in [0.29, 0.717) is 0 Å². The summed E-state index contributed by atoms with van der Waals surface area (Å²) in [6.07, 6.45) is 4.92. The average molecular weight is 137 g/mol. The van der Waals surface area contributed by atoms with E-state index < -0.39 is 11.6 Å². The van der Waals surface area contributed by atoms with Crippen molar-refractivity contribution in [2.75, 3.05) is 0 Å². The topological polar surface area (TPSA) is 50.1 Å². The predicted octanol–water partition coefficient (Wildman–Crippen LogP) is 0.465. The lowest BCUT2D eigenvalue weighted by Gasteiger charge is -2.12. The van der Waals surface area contributed by atoms with Crippen LogP contribution in [-0.2, 0) is 9.53 Å². The number of carbonyl (C=O) groups excluding carboxylic acids is 1. The number of ether oxygens (including phenoxy) is 1. The molecule has 0 aromatic carbocycles. The number of rotatable bonds is 1. The largest absolute Gasteiger partial charge is 0.433 e. The van der Waals surface area contributed by atoms with Crippen LogP contribution in [-0.4, -0.2) is 11.6 Å². The van der Waals surface area contributed by atoms with Gasteiger partial charge in [-0.05, 0) is 5.92 Å². The van der Waals surface area contributed by atoms with Crippen molar-refractivity contribution in [3.05, 3.63) is 0 Å². The van der Waals surface area contributed by atoms with E-state index in [1.54, 1.807) is 6.07 Å². The Balaban J connectivity index is 4.29. The quantitative estimate of drug-likeness (QED) is 0.390. The highest BCUT2D eigenvalue weighted by Crippen LogP contribution is 2.06. The SMILES string of the molecule is C#CC(C)(C#N)OC(C)=O. The van der Waals surface area contributed by atoms with Crippen molar-refractivity contribution in [2.45, 2.75) is 19.4 Å². The first-order valence-electron chi connectivity index (χ1n) is 2.62. The molecule has 0 fully saturated rings. The maximum atomic E-state index is 10.3. The van der Waals surface area contributed by atoms with Crippen molar-refractivity contribution in [2.24, 2.45) is 0 Å². The second kappa shape index (κ2) is 2.89. The molecule has 0 aliphatic heterocycles. The molecule has 0 aliphatic rings. The molecule has 0 saturated heterocycles. The molecule has 3 heteroatoms. The maximum absolute atomic E-state index is 10.3. The van der Waals surface area contributed by atoms with Gasteiger partial charge in [0.05, 0.1) is 0 Å². The van der Waals surface area contributed by atoms with Gasteiger partial charge in [0.25, 0.3) is 5.60 Å². The van der Waals surface area contributed by atoms with E-state index in [2.05, 4.69) is 10.7 Å². The van der Waals surface area contributed by atoms with Crippen molar-refractivity contribution in [1.29, 1.82) is 5.26 Å². The molecule has 0 bridgehead atoms. The monoisotopic (exact) mass is 137 g/mol. The predicted molar refractivity (Wildman–Crippen MR) is 34.6 cm³/mol. The molecular weight excluding hydrogens is 130 g/mol. The second-order valence-corrected chi connectivity index (χ2v) is 1.88. The van der Waals surface area contributed by atoms with E-state index in [9.17, 15) is 4.79 Å². The zero-order chi connectivity index (χ0) is 8.20. The van der Waals surface area contributed by atoms with Gasteiger partial charge in [-0.3, -0.25) is 4.79 Å². The first-order chi connectivity index (χ1) is 4.54. The van der Waals surface area contributed by atoms with Gasteiger partial charge in [0.15, 0.2) is 0 Å². The molecule has 10 heavy (non-hydrogen) atoms. The summed E-state index contributed by atoms with van der Waals surface area (Å²) in [7, 11) is 0. The summed E-state index contributed by atoms with van der Waals surface area (Å²) in [5, 5.41) is 8.36. The highest BCUT2D eigenvalue weighted by atomic mass is 16.6.